The van der Waals surface area contributed by atoms with Crippen LogP contribution >= 0.6 is 0 Å². The highest BCUT2D eigenvalue weighted by Gasteiger charge is 2.14. The van der Waals surface area contributed by atoms with E-state index in [-0.39, 0.29) is 11.8 Å². The van der Waals surface area contributed by atoms with Gasteiger partial charge in [-0.3, -0.25) is 0 Å². The topological polar surface area (TPSA) is 55.5 Å². The van der Waals surface area contributed by atoms with Crippen LogP contribution in [0.4, 0.5) is 0 Å². The molecule has 0 heterocycles. The van der Waals surface area contributed by atoms with Gasteiger partial charge in [-0.1, -0.05) is 19.1 Å². The van der Waals surface area contributed by atoms with Crippen molar-refractivity contribution in [1.82, 2.24) is 0 Å². The number of ether oxygens (including phenoxy) is 1. The lowest BCUT2D eigenvalue weighted by Gasteiger charge is -2.16. The summed E-state index contributed by atoms with van der Waals surface area (Å²) in [6.45, 7) is 4.09. The maximum atomic E-state index is 9.97. The number of nitrogens with two attached hydrogens (primary N) is 1. The average molecular weight is 223 g/mol. The summed E-state index contributed by atoms with van der Waals surface area (Å²) >= 11 is 0. The van der Waals surface area contributed by atoms with Crippen LogP contribution < -0.4 is 10.5 Å². The van der Waals surface area contributed by atoms with Crippen LogP contribution in [-0.2, 0) is 0 Å². The van der Waals surface area contributed by atoms with Crippen molar-refractivity contribution in [2.45, 2.75) is 38.6 Å². The number of hydrogen-bond acceptors (Lipinski definition) is 3. The fourth-order valence-corrected chi connectivity index (χ4v) is 1.77. The van der Waals surface area contributed by atoms with Crippen LogP contribution in [0.25, 0.3) is 0 Å². The minimum absolute atomic E-state index is 0.204. The highest BCUT2D eigenvalue weighted by molar-refractivity contribution is 5.46. The van der Waals surface area contributed by atoms with Crippen LogP contribution in [0.2, 0.25) is 0 Å². The van der Waals surface area contributed by atoms with E-state index in [0.29, 0.717) is 11.7 Å². The molecule has 0 spiro atoms. The fourth-order valence-electron chi connectivity index (χ4n) is 1.77. The molecule has 0 aromatic heterocycles. The SMILES string of the molecule is COc1cccc(C(C)CCC(C)N)c1O. The molecule has 0 aliphatic heterocycles. The second kappa shape index (κ2) is 5.75. The van der Waals surface area contributed by atoms with E-state index in [1.165, 1.54) is 0 Å². The Balaban J connectivity index is 2.78. The Labute approximate surface area is 97.2 Å². The summed E-state index contributed by atoms with van der Waals surface area (Å²) in [6.07, 6.45) is 1.93. The van der Waals surface area contributed by atoms with Crippen LogP contribution in [0, 0.1) is 0 Å². The zero-order chi connectivity index (χ0) is 12.1. The van der Waals surface area contributed by atoms with Crippen molar-refractivity contribution in [2.24, 2.45) is 5.73 Å². The van der Waals surface area contributed by atoms with Gasteiger partial charge in [0.15, 0.2) is 11.5 Å². The Morgan fingerprint density at radius 2 is 2.00 bits per heavy atom. The summed E-state index contributed by atoms with van der Waals surface area (Å²) in [5, 5.41) is 9.97. The molecule has 3 heteroatoms. The van der Waals surface area contributed by atoms with Gasteiger partial charge < -0.3 is 15.6 Å². The molecular weight excluding hydrogens is 202 g/mol. The maximum Gasteiger partial charge on any atom is 0.161 e. The molecule has 1 rings (SSSR count). The van der Waals surface area contributed by atoms with Crippen LogP contribution in [0.15, 0.2) is 18.2 Å². The van der Waals surface area contributed by atoms with Crippen LogP contribution in [0.3, 0.4) is 0 Å². The van der Waals surface area contributed by atoms with Gasteiger partial charge in [0.1, 0.15) is 0 Å². The smallest absolute Gasteiger partial charge is 0.161 e. The largest absolute Gasteiger partial charge is 0.504 e. The van der Waals surface area contributed by atoms with Gasteiger partial charge in [-0.15, -0.1) is 0 Å². The van der Waals surface area contributed by atoms with Crippen molar-refractivity contribution in [1.29, 1.82) is 0 Å². The molecule has 0 aliphatic carbocycles. The van der Waals surface area contributed by atoms with E-state index in [0.717, 1.165) is 18.4 Å². The van der Waals surface area contributed by atoms with E-state index in [4.69, 9.17) is 10.5 Å². The minimum atomic E-state index is 0.204. The molecule has 16 heavy (non-hydrogen) atoms. The molecule has 0 bridgehead atoms. The Morgan fingerprint density at radius 3 is 2.56 bits per heavy atom. The molecule has 2 unspecified atom stereocenters. The van der Waals surface area contributed by atoms with Crippen molar-refractivity contribution in [3.8, 4) is 11.5 Å². The van der Waals surface area contributed by atoms with Gasteiger partial charge in [-0.25, -0.2) is 0 Å². The summed E-state index contributed by atoms with van der Waals surface area (Å²) < 4.78 is 5.09. The van der Waals surface area contributed by atoms with Crippen molar-refractivity contribution in [3.05, 3.63) is 23.8 Å². The first kappa shape index (κ1) is 12.8. The third-order valence-electron chi connectivity index (χ3n) is 2.84. The molecule has 3 nitrogen and oxygen atoms in total. The zero-order valence-electron chi connectivity index (χ0n) is 10.2. The van der Waals surface area contributed by atoms with Crippen LogP contribution in [0.5, 0.6) is 11.5 Å². The number of phenolic OH excluding ortho intramolecular Hbond substituents is 1. The van der Waals surface area contributed by atoms with E-state index in [1.54, 1.807) is 13.2 Å². The second-order valence-corrected chi connectivity index (χ2v) is 4.35. The van der Waals surface area contributed by atoms with E-state index in [1.807, 2.05) is 19.1 Å². The van der Waals surface area contributed by atoms with Crippen molar-refractivity contribution in [2.75, 3.05) is 7.11 Å². The van der Waals surface area contributed by atoms with Gasteiger partial charge in [0.25, 0.3) is 0 Å². The molecule has 90 valence electrons. The molecule has 0 amide bonds. The third kappa shape index (κ3) is 3.14. The second-order valence-electron chi connectivity index (χ2n) is 4.35. The van der Waals surface area contributed by atoms with Gasteiger partial charge in [0.05, 0.1) is 7.11 Å². The minimum Gasteiger partial charge on any atom is -0.504 e. The molecule has 0 radical (unpaired) electrons. The Morgan fingerprint density at radius 1 is 1.31 bits per heavy atom. The zero-order valence-corrected chi connectivity index (χ0v) is 10.2. The fraction of sp³-hybridized carbons (Fsp3) is 0.538. The quantitative estimate of drug-likeness (QED) is 0.806. The number of hydrogen-bond donors (Lipinski definition) is 2. The molecule has 0 aliphatic rings. The molecule has 1 aromatic rings. The van der Waals surface area contributed by atoms with E-state index >= 15 is 0 Å². The average Bonchev–Trinajstić information content (AvgIpc) is 2.26. The van der Waals surface area contributed by atoms with Crippen LogP contribution in [-0.4, -0.2) is 18.3 Å². The van der Waals surface area contributed by atoms with E-state index in [9.17, 15) is 5.11 Å². The van der Waals surface area contributed by atoms with Gasteiger partial charge >= 0.3 is 0 Å². The van der Waals surface area contributed by atoms with Gasteiger partial charge in [0, 0.05) is 11.6 Å². The van der Waals surface area contributed by atoms with Gasteiger partial charge in [-0.05, 0) is 31.7 Å². The van der Waals surface area contributed by atoms with Crippen molar-refractivity contribution >= 4 is 0 Å². The number of benzene rings is 1. The predicted molar refractivity (Wildman–Crippen MR) is 66.0 cm³/mol. The Bertz CT molecular complexity index is 337. The molecule has 0 saturated carbocycles. The Hall–Kier alpha value is -1.22. The third-order valence-corrected chi connectivity index (χ3v) is 2.84. The monoisotopic (exact) mass is 223 g/mol. The summed E-state index contributed by atoms with van der Waals surface area (Å²) in [5.41, 5.74) is 6.66. The first-order valence-electron chi connectivity index (χ1n) is 5.67. The van der Waals surface area contributed by atoms with E-state index in [2.05, 4.69) is 6.92 Å². The standard InChI is InChI=1S/C13H21NO2/c1-9(7-8-10(2)14)11-5-4-6-12(16-3)13(11)15/h4-6,9-10,15H,7-8,14H2,1-3H3. The summed E-state index contributed by atoms with van der Waals surface area (Å²) in [5.74, 6) is 1.08. The van der Waals surface area contributed by atoms with E-state index < -0.39 is 0 Å². The summed E-state index contributed by atoms with van der Waals surface area (Å²) in [7, 11) is 1.56. The molecule has 3 N–H and O–H groups in total. The normalized spacial score (nSPS) is 14.5. The molecule has 2 atom stereocenters. The first-order chi connectivity index (χ1) is 7.56. The van der Waals surface area contributed by atoms with Crippen molar-refractivity contribution < 1.29 is 9.84 Å². The first-order valence-corrected chi connectivity index (χ1v) is 5.67. The molecular formula is C13H21NO2. The van der Waals surface area contributed by atoms with Gasteiger partial charge in [-0.2, -0.15) is 0 Å². The summed E-state index contributed by atoms with van der Waals surface area (Å²) in [4.78, 5) is 0. The number of rotatable bonds is 5. The highest BCUT2D eigenvalue weighted by atomic mass is 16.5. The Kier molecular flexibility index (Phi) is 4.62. The lowest BCUT2D eigenvalue weighted by molar-refractivity contribution is 0.368. The maximum absolute atomic E-state index is 9.97. The lowest BCUT2D eigenvalue weighted by Crippen LogP contribution is -2.15. The number of phenols is 1. The van der Waals surface area contributed by atoms with Gasteiger partial charge in [0.2, 0.25) is 0 Å². The number of aromatic hydroxyl groups is 1. The predicted octanol–water partition coefficient (Wildman–Crippen LogP) is 2.63. The molecule has 0 fully saturated rings. The molecule has 1 aromatic carbocycles. The summed E-state index contributed by atoms with van der Waals surface area (Å²) in [6, 6.07) is 5.80. The van der Waals surface area contributed by atoms with Crippen molar-refractivity contribution in [3.63, 3.8) is 0 Å². The highest BCUT2D eigenvalue weighted by Crippen LogP contribution is 2.35. The number of methoxy groups -OCH3 is 1. The molecule has 0 saturated heterocycles. The number of para-hydroxylation sites is 1. The lowest BCUT2D eigenvalue weighted by atomic mass is 9.93. The van der Waals surface area contributed by atoms with Crippen LogP contribution in [0.1, 0.15) is 38.2 Å².